The molecule has 0 aliphatic carbocycles. The van der Waals surface area contributed by atoms with Gasteiger partial charge in [0.05, 0.1) is 15.5 Å². The molecule has 2 saturated heterocycles. The molecule has 2 fully saturated rings. The van der Waals surface area contributed by atoms with E-state index in [1.807, 2.05) is 0 Å². The summed E-state index contributed by atoms with van der Waals surface area (Å²) in [4.78, 5) is 24.1. The summed E-state index contributed by atoms with van der Waals surface area (Å²) in [6.45, 7) is 3.20. The second-order valence-corrected chi connectivity index (χ2v) is 9.99. The fraction of sp³-hybridized carbons (Fsp3) is 0.750. The number of rotatable bonds is 1. The first-order valence-corrected chi connectivity index (χ1v) is 7.27. The highest BCUT2D eigenvalue weighted by atomic mass is 79.9. The van der Waals surface area contributed by atoms with E-state index >= 15 is 0 Å². The zero-order chi connectivity index (χ0) is 12.5. The molecule has 0 saturated carbocycles. The van der Waals surface area contributed by atoms with Crippen molar-refractivity contribution in [3.63, 3.8) is 0 Å². The van der Waals surface area contributed by atoms with Crippen molar-refractivity contribution >= 4 is 54.5 Å². The van der Waals surface area contributed by atoms with E-state index in [1.165, 1.54) is 4.90 Å². The number of aliphatic carboxylic acids is 1. The number of carbonyl (C=O) groups excluding carboxylic acids is 1. The molecule has 0 bridgehead atoms. The monoisotopic (exact) mass is 373 g/mol. The van der Waals surface area contributed by atoms with Gasteiger partial charge in [0.1, 0.15) is 11.4 Å². The van der Waals surface area contributed by atoms with Crippen LogP contribution in [0.2, 0.25) is 0 Å². The second kappa shape index (κ2) is 3.29. The maximum absolute atomic E-state index is 12.2. The first kappa shape index (κ1) is 12.5. The lowest BCUT2D eigenvalue weighted by Crippen LogP contribution is -2.69. The number of carbonyl (C=O) groups is 2. The fourth-order valence-corrected chi connectivity index (χ4v) is 5.80. The first-order chi connectivity index (χ1) is 7.13. The second-order valence-electron chi connectivity index (χ2n) is 4.33. The minimum absolute atomic E-state index is 0.385. The molecule has 1 amide bonds. The highest BCUT2D eigenvalue weighted by molar-refractivity contribution is 9.26. The van der Waals surface area contributed by atoms with Gasteiger partial charge in [0.2, 0.25) is 0 Å². The van der Waals surface area contributed by atoms with E-state index in [-0.39, 0.29) is 5.91 Å². The van der Waals surface area contributed by atoms with E-state index in [0.717, 1.165) is 0 Å². The lowest BCUT2D eigenvalue weighted by atomic mass is 9.98. The van der Waals surface area contributed by atoms with Gasteiger partial charge in [0, 0.05) is 0 Å². The van der Waals surface area contributed by atoms with Gasteiger partial charge in [-0.1, -0.05) is 31.9 Å². The number of amides is 1. The first-order valence-electron chi connectivity index (χ1n) is 4.47. The van der Waals surface area contributed by atoms with Gasteiger partial charge in [-0.25, -0.2) is 4.79 Å². The Morgan fingerprint density at radius 2 is 2.00 bits per heavy atom. The third-order valence-corrected chi connectivity index (χ3v) is 7.37. The summed E-state index contributed by atoms with van der Waals surface area (Å²) >= 11 is 6.29. The quantitative estimate of drug-likeness (QED) is 0.539. The Labute approximate surface area is 111 Å². The zero-order valence-corrected chi connectivity index (χ0v) is 12.4. The number of carboxylic acids is 1. The zero-order valence-electron chi connectivity index (χ0n) is 8.44. The van der Waals surface area contributed by atoms with Gasteiger partial charge >= 0.3 is 5.97 Å². The molecular formula is C8H9Br2NO4S. The molecule has 1 N–H and O–H groups in total. The number of fused-ring (bicyclic) bond motifs is 1. The highest BCUT2D eigenvalue weighted by Gasteiger charge is 2.73. The fourth-order valence-electron chi connectivity index (χ4n) is 2.13. The van der Waals surface area contributed by atoms with Crippen LogP contribution in [-0.4, -0.2) is 45.5 Å². The molecule has 2 rings (SSSR count). The number of alkyl halides is 2. The highest BCUT2D eigenvalue weighted by Crippen LogP contribution is 2.54. The standard InChI is InChI=1S/C8H9Br2NO4S/c1-7(2)3(4(12)13)11-5(14)8(9,10)6(11)16(7)15/h3,6H,1-2H3,(H,12,13)/t3-,6+,16-/m0/s1. The van der Waals surface area contributed by atoms with Crippen LogP contribution >= 0.6 is 31.9 Å². The number of carboxylic acid groups (broad SMARTS) is 1. The van der Waals surface area contributed by atoms with Crippen LogP contribution in [0.25, 0.3) is 0 Å². The Hall–Kier alpha value is 0.0500. The Morgan fingerprint density at radius 3 is 2.44 bits per heavy atom. The summed E-state index contributed by atoms with van der Waals surface area (Å²) in [5.74, 6) is -1.51. The van der Waals surface area contributed by atoms with Crippen molar-refractivity contribution in [3.8, 4) is 0 Å². The Balaban J connectivity index is 2.50. The molecule has 0 unspecified atom stereocenters. The van der Waals surface area contributed by atoms with Crippen LogP contribution in [-0.2, 0) is 20.4 Å². The van der Waals surface area contributed by atoms with Gasteiger partial charge in [-0.2, -0.15) is 0 Å². The van der Waals surface area contributed by atoms with Crippen LogP contribution in [0.4, 0.5) is 0 Å². The summed E-state index contributed by atoms with van der Waals surface area (Å²) in [5, 5.41) is 8.49. The molecule has 0 spiro atoms. The van der Waals surface area contributed by atoms with E-state index in [0.29, 0.717) is 0 Å². The third-order valence-electron chi connectivity index (χ3n) is 2.97. The molecule has 2 aliphatic heterocycles. The van der Waals surface area contributed by atoms with Crippen molar-refractivity contribution in [2.45, 2.75) is 33.2 Å². The molecule has 0 aromatic rings. The van der Waals surface area contributed by atoms with Crippen LogP contribution < -0.4 is 0 Å². The molecular weight excluding hydrogens is 366 g/mol. The van der Waals surface area contributed by atoms with Crippen molar-refractivity contribution in [2.75, 3.05) is 0 Å². The average Bonchev–Trinajstić information content (AvgIpc) is 2.33. The lowest BCUT2D eigenvalue weighted by molar-refractivity contribution is -0.157. The third kappa shape index (κ3) is 1.23. The predicted octanol–water partition coefficient (Wildman–Crippen LogP) is 0.635. The van der Waals surface area contributed by atoms with Gasteiger partial charge in [-0.3, -0.25) is 9.00 Å². The molecule has 0 aromatic carbocycles. The van der Waals surface area contributed by atoms with Crippen LogP contribution in [0.5, 0.6) is 0 Å². The summed E-state index contributed by atoms with van der Waals surface area (Å²) in [5.41, 5.74) is 0. The van der Waals surface area contributed by atoms with E-state index in [1.54, 1.807) is 13.8 Å². The SMILES string of the molecule is CC1(C)[C@H](C(=O)O)N2C(=O)C(Br)(Br)[C@H]2[S@@]1=O. The smallest absolute Gasteiger partial charge is 0.328 e. The van der Waals surface area contributed by atoms with Crippen molar-refractivity contribution in [3.05, 3.63) is 0 Å². The number of hydrogen-bond donors (Lipinski definition) is 1. The summed E-state index contributed by atoms with van der Waals surface area (Å²) in [6, 6.07) is -1.03. The van der Waals surface area contributed by atoms with E-state index in [4.69, 9.17) is 5.11 Å². The van der Waals surface area contributed by atoms with E-state index in [9.17, 15) is 13.8 Å². The van der Waals surface area contributed by atoms with E-state index in [2.05, 4.69) is 31.9 Å². The molecule has 8 heteroatoms. The molecule has 2 heterocycles. The Morgan fingerprint density at radius 1 is 1.50 bits per heavy atom. The normalized spacial score (nSPS) is 39.1. The van der Waals surface area contributed by atoms with Crippen molar-refractivity contribution < 1.29 is 18.9 Å². The minimum Gasteiger partial charge on any atom is -0.480 e. The maximum Gasteiger partial charge on any atom is 0.328 e. The predicted molar refractivity (Wildman–Crippen MR) is 64.9 cm³/mol. The summed E-state index contributed by atoms with van der Waals surface area (Å²) in [7, 11) is -1.43. The van der Waals surface area contributed by atoms with Crippen LogP contribution in [0, 0.1) is 0 Å². The van der Waals surface area contributed by atoms with Crippen LogP contribution in [0.15, 0.2) is 0 Å². The Kier molecular flexibility index (Phi) is 2.57. The lowest BCUT2D eigenvalue weighted by Gasteiger charge is -2.45. The van der Waals surface area contributed by atoms with Gasteiger partial charge in [-0.05, 0) is 13.8 Å². The van der Waals surface area contributed by atoms with Gasteiger partial charge in [0.15, 0.2) is 3.23 Å². The molecule has 2 aliphatic rings. The van der Waals surface area contributed by atoms with E-state index < -0.39 is 36.2 Å². The number of nitrogens with zero attached hydrogens (tertiary/aromatic N) is 1. The minimum atomic E-state index is -1.43. The molecule has 16 heavy (non-hydrogen) atoms. The summed E-state index contributed by atoms with van der Waals surface area (Å²) in [6.07, 6.45) is 0. The summed E-state index contributed by atoms with van der Waals surface area (Å²) < 4.78 is 10.1. The van der Waals surface area contributed by atoms with Crippen molar-refractivity contribution in [1.29, 1.82) is 0 Å². The Bertz CT molecular complexity index is 422. The molecule has 0 aromatic heterocycles. The average molecular weight is 375 g/mol. The molecule has 3 atom stereocenters. The van der Waals surface area contributed by atoms with Gasteiger partial charge < -0.3 is 10.0 Å². The van der Waals surface area contributed by atoms with Crippen molar-refractivity contribution in [2.24, 2.45) is 0 Å². The number of hydrogen-bond acceptors (Lipinski definition) is 3. The van der Waals surface area contributed by atoms with Crippen molar-refractivity contribution in [1.82, 2.24) is 4.90 Å². The van der Waals surface area contributed by atoms with Gasteiger partial charge in [-0.15, -0.1) is 0 Å². The molecule has 5 nitrogen and oxygen atoms in total. The number of β-lactam (4-membered cyclic amide) rings is 1. The molecule has 0 radical (unpaired) electrons. The maximum atomic E-state index is 12.2. The topological polar surface area (TPSA) is 74.7 Å². The number of halogens is 2. The largest absolute Gasteiger partial charge is 0.480 e. The molecule has 90 valence electrons. The van der Waals surface area contributed by atoms with Crippen LogP contribution in [0.3, 0.4) is 0 Å². The van der Waals surface area contributed by atoms with Crippen LogP contribution in [0.1, 0.15) is 13.8 Å². The van der Waals surface area contributed by atoms with Gasteiger partial charge in [0.25, 0.3) is 5.91 Å².